The maximum Gasteiger partial charge on any atom is 0.227 e. The second-order valence-corrected chi connectivity index (χ2v) is 5.82. The summed E-state index contributed by atoms with van der Waals surface area (Å²) in [5.41, 5.74) is 4.85. The van der Waals surface area contributed by atoms with Gasteiger partial charge in [0.2, 0.25) is 5.95 Å². The lowest BCUT2D eigenvalue weighted by molar-refractivity contribution is 0.414. The van der Waals surface area contributed by atoms with Crippen LogP contribution in [0, 0.1) is 13.8 Å². The van der Waals surface area contributed by atoms with Crippen molar-refractivity contribution in [3.63, 3.8) is 0 Å². The van der Waals surface area contributed by atoms with E-state index in [1.165, 1.54) is 0 Å². The van der Waals surface area contributed by atoms with Gasteiger partial charge in [-0.05, 0) is 49.2 Å². The van der Waals surface area contributed by atoms with Gasteiger partial charge < -0.3 is 14.8 Å². The lowest BCUT2D eigenvalue weighted by atomic mass is 10.1. The molecule has 0 bridgehead atoms. The molecule has 0 radical (unpaired) electrons. The average Bonchev–Trinajstić information content (AvgIpc) is 2.62. The van der Waals surface area contributed by atoms with E-state index in [1.54, 1.807) is 14.2 Å². The van der Waals surface area contributed by atoms with E-state index in [0.29, 0.717) is 5.95 Å². The molecule has 0 atom stereocenters. The molecule has 3 aromatic rings. The topological polar surface area (TPSA) is 56.3 Å². The predicted molar refractivity (Wildman–Crippen MR) is 99.8 cm³/mol. The SMILES string of the molecule is COc1cc(C)cc(Nc2ncc(C)c(-c3cccc(OC)c3)n2)c1. The summed E-state index contributed by atoms with van der Waals surface area (Å²) in [5.74, 6) is 2.13. The minimum atomic E-state index is 0.538. The van der Waals surface area contributed by atoms with E-state index in [9.17, 15) is 0 Å². The lowest BCUT2D eigenvalue weighted by Crippen LogP contribution is -2.00. The van der Waals surface area contributed by atoms with E-state index in [4.69, 9.17) is 9.47 Å². The molecule has 5 nitrogen and oxygen atoms in total. The van der Waals surface area contributed by atoms with Gasteiger partial charge in [-0.3, -0.25) is 0 Å². The third-order valence-electron chi connectivity index (χ3n) is 3.86. The third-order valence-corrected chi connectivity index (χ3v) is 3.86. The first-order valence-electron chi connectivity index (χ1n) is 8.00. The van der Waals surface area contributed by atoms with Crippen molar-refractivity contribution in [3.8, 4) is 22.8 Å². The number of aryl methyl sites for hydroxylation is 2. The molecule has 0 saturated carbocycles. The summed E-state index contributed by atoms with van der Waals surface area (Å²) in [4.78, 5) is 9.07. The van der Waals surface area contributed by atoms with Crippen LogP contribution >= 0.6 is 0 Å². The summed E-state index contributed by atoms with van der Waals surface area (Å²) < 4.78 is 10.6. The van der Waals surface area contributed by atoms with Crippen LogP contribution in [0.3, 0.4) is 0 Å². The summed E-state index contributed by atoms with van der Waals surface area (Å²) >= 11 is 0. The molecule has 0 amide bonds. The largest absolute Gasteiger partial charge is 0.497 e. The molecule has 2 aromatic carbocycles. The van der Waals surface area contributed by atoms with Crippen LogP contribution in [0.15, 0.2) is 48.7 Å². The van der Waals surface area contributed by atoms with E-state index >= 15 is 0 Å². The molecule has 1 N–H and O–H groups in total. The fraction of sp³-hybridized carbons (Fsp3) is 0.200. The fourth-order valence-corrected chi connectivity index (χ4v) is 2.63. The highest BCUT2D eigenvalue weighted by atomic mass is 16.5. The Morgan fingerprint density at radius 2 is 1.72 bits per heavy atom. The second-order valence-electron chi connectivity index (χ2n) is 5.82. The number of benzene rings is 2. The molecule has 0 aliphatic rings. The van der Waals surface area contributed by atoms with Crippen LogP contribution < -0.4 is 14.8 Å². The quantitative estimate of drug-likeness (QED) is 0.743. The number of hydrogen-bond donors (Lipinski definition) is 1. The summed E-state index contributed by atoms with van der Waals surface area (Å²) in [6.45, 7) is 4.01. The summed E-state index contributed by atoms with van der Waals surface area (Å²) in [5, 5.41) is 3.25. The Bertz CT molecular complexity index is 894. The molecular formula is C20H21N3O2. The minimum absolute atomic E-state index is 0.538. The highest BCUT2D eigenvalue weighted by Gasteiger charge is 2.09. The molecule has 0 aliphatic carbocycles. The van der Waals surface area contributed by atoms with Crippen molar-refractivity contribution in [1.29, 1.82) is 0 Å². The van der Waals surface area contributed by atoms with Gasteiger partial charge in [0.15, 0.2) is 0 Å². The van der Waals surface area contributed by atoms with Gasteiger partial charge in [-0.25, -0.2) is 9.97 Å². The Morgan fingerprint density at radius 3 is 2.48 bits per heavy atom. The van der Waals surface area contributed by atoms with Gasteiger partial charge in [0.25, 0.3) is 0 Å². The Hall–Kier alpha value is -3.08. The number of rotatable bonds is 5. The molecule has 1 heterocycles. The molecule has 0 fully saturated rings. The summed E-state index contributed by atoms with van der Waals surface area (Å²) in [6, 6.07) is 13.8. The molecule has 3 rings (SSSR count). The number of ether oxygens (including phenoxy) is 2. The van der Waals surface area contributed by atoms with Gasteiger partial charge in [-0.15, -0.1) is 0 Å². The second kappa shape index (κ2) is 7.21. The maximum atomic E-state index is 5.32. The van der Waals surface area contributed by atoms with E-state index in [1.807, 2.05) is 62.5 Å². The first-order valence-corrected chi connectivity index (χ1v) is 8.00. The zero-order valence-corrected chi connectivity index (χ0v) is 14.8. The van der Waals surface area contributed by atoms with Gasteiger partial charge in [0.1, 0.15) is 11.5 Å². The van der Waals surface area contributed by atoms with E-state index in [0.717, 1.165) is 39.6 Å². The van der Waals surface area contributed by atoms with E-state index in [-0.39, 0.29) is 0 Å². The first kappa shape index (κ1) is 16.8. The Morgan fingerprint density at radius 1 is 0.920 bits per heavy atom. The Kier molecular flexibility index (Phi) is 4.84. The number of aromatic nitrogens is 2. The summed E-state index contributed by atoms with van der Waals surface area (Å²) in [7, 11) is 3.31. The number of hydrogen-bond acceptors (Lipinski definition) is 5. The van der Waals surface area contributed by atoms with Crippen molar-refractivity contribution in [2.24, 2.45) is 0 Å². The Labute approximate surface area is 147 Å². The zero-order valence-electron chi connectivity index (χ0n) is 14.8. The monoisotopic (exact) mass is 335 g/mol. The first-order chi connectivity index (χ1) is 12.1. The third kappa shape index (κ3) is 3.88. The van der Waals surface area contributed by atoms with Crippen LogP contribution in [0.4, 0.5) is 11.6 Å². The minimum Gasteiger partial charge on any atom is -0.497 e. The molecule has 0 aliphatic heterocycles. The number of anilines is 2. The number of methoxy groups -OCH3 is 2. The average molecular weight is 335 g/mol. The Balaban J connectivity index is 1.95. The van der Waals surface area contributed by atoms with Gasteiger partial charge >= 0.3 is 0 Å². The molecule has 1 aromatic heterocycles. The molecule has 5 heteroatoms. The van der Waals surface area contributed by atoms with Crippen molar-refractivity contribution in [3.05, 3.63) is 59.8 Å². The smallest absolute Gasteiger partial charge is 0.227 e. The van der Waals surface area contributed by atoms with Gasteiger partial charge in [-0.2, -0.15) is 0 Å². The van der Waals surface area contributed by atoms with Crippen LogP contribution in [-0.4, -0.2) is 24.2 Å². The van der Waals surface area contributed by atoms with E-state index < -0.39 is 0 Å². The maximum absolute atomic E-state index is 5.32. The molecule has 0 saturated heterocycles. The van der Waals surface area contributed by atoms with Crippen LogP contribution in [0.2, 0.25) is 0 Å². The highest BCUT2D eigenvalue weighted by molar-refractivity contribution is 5.67. The number of nitrogens with zero attached hydrogens (tertiary/aromatic N) is 2. The lowest BCUT2D eigenvalue weighted by Gasteiger charge is -2.11. The van der Waals surface area contributed by atoms with Crippen molar-refractivity contribution < 1.29 is 9.47 Å². The van der Waals surface area contributed by atoms with Crippen LogP contribution in [0.1, 0.15) is 11.1 Å². The van der Waals surface area contributed by atoms with Gasteiger partial charge in [0, 0.05) is 23.5 Å². The van der Waals surface area contributed by atoms with Gasteiger partial charge in [0.05, 0.1) is 19.9 Å². The molecule has 0 unspecified atom stereocenters. The predicted octanol–water partition coefficient (Wildman–Crippen LogP) is 4.52. The number of nitrogens with one attached hydrogen (secondary N) is 1. The normalized spacial score (nSPS) is 10.4. The van der Waals surface area contributed by atoms with Crippen LogP contribution in [-0.2, 0) is 0 Å². The molecule has 25 heavy (non-hydrogen) atoms. The van der Waals surface area contributed by atoms with Crippen LogP contribution in [0.5, 0.6) is 11.5 Å². The zero-order chi connectivity index (χ0) is 17.8. The highest BCUT2D eigenvalue weighted by Crippen LogP contribution is 2.27. The molecular weight excluding hydrogens is 314 g/mol. The molecule has 0 spiro atoms. The van der Waals surface area contributed by atoms with Gasteiger partial charge in [-0.1, -0.05) is 12.1 Å². The van der Waals surface area contributed by atoms with Crippen molar-refractivity contribution in [2.45, 2.75) is 13.8 Å². The van der Waals surface area contributed by atoms with E-state index in [2.05, 4.69) is 15.3 Å². The summed E-state index contributed by atoms with van der Waals surface area (Å²) in [6.07, 6.45) is 1.82. The molecule has 128 valence electrons. The van der Waals surface area contributed by atoms with Crippen LogP contribution in [0.25, 0.3) is 11.3 Å². The van der Waals surface area contributed by atoms with Crippen molar-refractivity contribution in [1.82, 2.24) is 9.97 Å². The van der Waals surface area contributed by atoms with Crippen molar-refractivity contribution in [2.75, 3.05) is 19.5 Å². The standard InChI is InChI=1S/C20H21N3O2/c1-13-8-16(11-18(9-13)25-4)22-20-21-12-14(2)19(23-20)15-6-5-7-17(10-15)24-3/h5-12H,1-4H3,(H,21,22,23). The van der Waals surface area contributed by atoms with Crippen molar-refractivity contribution >= 4 is 11.6 Å². The fourth-order valence-electron chi connectivity index (χ4n) is 2.63.